The van der Waals surface area contributed by atoms with Gasteiger partial charge in [-0.2, -0.15) is 0 Å². The van der Waals surface area contributed by atoms with E-state index >= 15 is 0 Å². The van der Waals surface area contributed by atoms with Gasteiger partial charge in [0.1, 0.15) is 11.5 Å². The molecule has 2 heteroatoms. The van der Waals surface area contributed by atoms with Crippen molar-refractivity contribution in [2.24, 2.45) is 0 Å². The summed E-state index contributed by atoms with van der Waals surface area (Å²) in [5.41, 5.74) is 3.37. The van der Waals surface area contributed by atoms with Gasteiger partial charge in [-0.1, -0.05) is 72.8 Å². The van der Waals surface area contributed by atoms with E-state index in [9.17, 15) is 4.79 Å². The maximum absolute atomic E-state index is 13.0. The van der Waals surface area contributed by atoms with Gasteiger partial charge in [0.05, 0.1) is 5.56 Å². The van der Waals surface area contributed by atoms with E-state index in [4.69, 9.17) is 4.74 Å². The van der Waals surface area contributed by atoms with E-state index in [0.717, 1.165) is 11.1 Å². The molecular formula is C25H22O2. The van der Waals surface area contributed by atoms with E-state index < -0.39 is 0 Å². The predicted molar refractivity (Wildman–Crippen MR) is 112 cm³/mol. The van der Waals surface area contributed by atoms with Crippen LogP contribution in [0.1, 0.15) is 40.9 Å². The largest absolute Gasteiger partial charge is 0.457 e. The van der Waals surface area contributed by atoms with Gasteiger partial charge in [0.25, 0.3) is 0 Å². The average Bonchev–Trinajstić information content (AvgIpc) is 2.70. The van der Waals surface area contributed by atoms with Gasteiger partial charge >= 0.3 is 0 Å². The molecule has 0 N–H and O–H groups in total. The van der Waals surface area contributed by atoms with Crippen molar-refractivity contribution in [2.75, 3.05) is 0 Å². The smallest absolute Gasteiger partial charge is 0.196 e. The highest BCUT2D eigenvalue weighted by atomic mass is 16.5. The van der Waals surface area contributed by atoms with Crippen molar-refractivity contribution in [2.45, 2.75) is 13.8 Å². The molecule has 134 valence electrons. The summed E-state index contributed by atoms with van der Waals surface area (Å²) in [6.07, 6.45) is 7.99. The number of allylic oxidation sites excluding steroid dienone is 2. The molecule has 3 aromatic carbocycles. The second kappa shape index (κ2) is 8.81. The summed E-state index contributed by atoms with van der Waals surface area (Å²) in [4.78, 5) is 13.0. The third-order valence-corrected chi connectivity index (χ3v) is 4.13. The molecule has 27 heavy (non-hydrogen) atoms. The second-order valence-corrected chi connectivity index (χ2v) is 6.12. The van der Waals surface area contributed by atoms with E-state index in [-0.39, 0.29) is 5.78 Å². The van der Waals surface area contributed by atoms with Gasteiger partial charge in [0, 0.05) is 5.56 Å². The predicted octanol–water partition coefficient (Wildman–Crippen LogP) is 6.78. The molecule has 0 bridgehead atoms. The molecule has 0 aliphatic heterocycles. The van der Waals surface area contributed by atoms with Crippen LogP contribution >= 0.6 is 0 Å². The molecule has 0 atom stereocenters. The summed E-state index contributed by atoms with van der Waals surface area (Å²) in [6.45, 7) is 3.95. The van der Waals surface area contributed by atoms with Gasteiger partial charge in [-0.25, -0.2) is 0 Å². The monoisotopic (exact) mass is 354 g/mol. The molecule has 0 heterocycles. The molecule has 0 saturated carbocycles. The highest BCUT2D eigenvalue weighted by Crippen LogP contribution is 2.27. The summed E-state index contributed by atoms with van der Waals surface area (Å²) in [5, 5.41) is 0. The minimum atomic E-state index is -0.0526. The summed E-state index contributed by atoms with van der Waals surface area (Å²) in [6, 6.07) is 22.7. The Hall–Kier alpha value is -3.39. The number of hydrogen-bond acceptors (Lipinski definition) is 2. The first kappa shape index (κ1) is 18.4. The number of ketones is 1. The van der Waals surface area contributed by atoms with E-state index in [1.54, 1.807) is 6.07 Å². The van der Waals surface area contributed by atoms with Crippen LogP contribution < -0.4 is 4.74 Å². The molecule has 3 rings (SSSR count). The third kappa shape index (κ3) is 4.62. The minimum absolute atomic E-state index is 0.0526. The van der Waals surface area contributed by atoms with Crippen LogP contribution in [0.3, 0.4) is 0 Å². The van der Waals surface area contributed by atoms with Gasteiger partial charge in [-0.05, 0) is 49.2 Å². The Labute approximate surface area is 160 Å². The molecular weight excluding hydrogens is 332 g/mol. The topological polar surface area (TPSA) is 26.3 Å². The third-order valence-electron chi connectivity index (χ3n) is 4.13. The number of benzene rings is 3. The fraction of sp³-hybridized carbons (Fsp3) is 0.0800. The Morgan fingerprint density at radius 1 is 0.741 bits per heavy atom. The van der Waals surface area contributed by atoms with Crippen molar-refractivity contribution >= 4 is 17.9 Å². The molecule has 0 aliphatic rings. The van der Waals surface area contributed by atoms with Crippen LogP contribution in [0.2, 0.25) is 0 Å². The Morgan fingerprint density at radius 3 is 1.89 bits per heavy atom. The van der Waals surface area contributed by atoms with Crippen LogP contribution in [0.4, 0.5) is 0 Å². The maximum Gasteiger partial charge on any atom is 0.196 e. The Kier molecular flexibility index (Phi) is 6.01. The number of carbonyl (C=O) groups excluding carboxylic acids is 1. The molecule has 3 aromatic rings. The zero-order valence-electron chi connectivity index (χ0n) is 15.6. The van der Waals surface area contributed by atoms with Gasteiger partial charge in [-0.3, -0.25) is 4.79 Å². The standard InChI is InChI=1S/C25H22O2/c1-3-7-19-11-15-21(16-12-19)25(26)23-9-5-6-10-24(23)27-22-17-13-20(8-4-2)14-18-22/h3-18H,1-2H3. The van der Waals surface area contributed by atoms with Crippen LogP contribution in [-0.2, 0) is 0 Å². The SMILES string of the molecule is CC=Cc1ccc(Oc2ccccc2C(=O)c2ccc(C=CC)cc2)cc1. The first-order valence-electron chi connectivity index (χ1n) is 8.98. The van der Waals surface area contributed by atoms with Crippen LogP contribution in [0, 0.1) is 0 Å². The zero-order chi connectivity index (χ0) is 19.1. The number of hydrogen-bond donors (Lipinski definition) is 0. The lowest BCUT2D eigenvalue weighted by Gasteiger charge is -2.11. The molecule has 2 nitrogen and oxygen atoms in total. The van der Waals surface area contributed by atoms with Crippen molar-refractivity contribution in [1.82, 2.24) is 0 Å². The fourth-order valence-corrected chi connectivity index (χ4v) is 2.80. The highest BCUT2D eigenvalue weighted by Gasteiger charge is 2.14. The van der Waals surface area contributed by atoms with Crippen molar-refractivity contribution < 1.29 is 9.53 Å². The Balaban J connectivity index is 1.85. The first-order valence-corrected chi connectivity index (χ1v) is 8.98. The molecule has 0 radical (unpaired) electrons. The van der Waals surface area contributed by atoms with E-state index in [1.165, 1.54) is 0 Å². The average molecular weight is 354 g/mol. The molecule has 0 fully saturated rings. The Bertz CT molecular complexity index is 962. The van der Waals surface area contributed by atoms with E-state index in [2.05, 4.69) is 0 Å². The zero-order valence-corrected chi connectivity index (χ0v) is 15.6. The van der Waals surface area contributed by atoms with Crippen molar-refractivity contribution in [3.05, 3.63) is 107 Å². The summed E-state index contributed by atoms with van der Waals surface area (Å²) >= 11 is 0. The maximum atomic E-state index is 13.0. The molecule has 0 amide bonds. The molecule has 0 aliphatic carbocycles. The van der Waals surface area contributed by atoms with Crippen molar-refractivity contribution in [3.8, 4) is 11.5 Å². The quantitative estimate of drug-likeness (QED) is 0.456. The van der Waals surface area contributed by atoms with Gasteiger partial charge in [0.2, 0.25) is 0 Å². The number of carbonyl (C=O) groups is 1. The van der Waals surface area contributed by atoms with Gasteiger partial charge < -0.3 is 4.74 Å². The summed E-state index contributed by atoms with van der Waals surface area (Å²) in [7, 11) is 0. The lowest BCUT2D eigenvalue weighted by molar-refractivity contribution is 0.103. The van der Waals surface area contributed by atoms with Crippen LogP contribution in [-0.4, -0.2) is 5.78 Å². The molecule has 0 spiro atoms. The van der Waals surface area contributed by atoms with E-state index in [0.29, 0.717) is 22.6 Å². The number of para-hydroxylation sites is 1. The van der Waals surface area contributed by atoms with Crippen LogP contribution in [0.5, 0.6) is 11.5 Å². The molecule has 0 saturated heterocycles. The summed E-state index contributed by atoms with van der Waals surface area (Å²) in [5.74, 6) is 1.20. The molecule has 0 unspecified atom stereocenters. The first-order chi connectivity index (χ1) is 13.2. The number of rotatable bonds is 6. The normalized spacial score (nSPS) is 11.2. The highest BCUT2D eigenvalue weighted by molar-refractivity contribution is 6.10. The molecule has 0 aromatic heterocycles. The Morgan fingerprint density at radius 2 is 1.30 bits per heavy atom. The summed E-state index contributed by atoms with van der Waals surface area (Å²) < 4.78 is 5.99. The fourth-order valence-electron chi connectivity index (χ4n) is 2.80. The lowest BCUT2D eigenvalue weighted by atomic mass is 10.0. The minimum Gasteiger partial charge on any atom is -0.457 e. The van der Waals surface area contributed by atoms with Gasteiger partial charge in [-0.15, -0.1) is 0 Å². The lowest BCUT2D eigenvalue weighted by Crippen LogP contribution is -2.03. The second-order valence-electron chi connectivity index (χ2n) is 6.12. The van der Waals surface area contributed by atoms with Crippen molar-refractivity contribution in [1.29, 1.82) is 0 Å². The van der Waals surface area contributed by atoms with Crippen LogP contribution in [0.25, 0.3) is 12.2 Å². The van der Waals surface area contributed by atoms with Crippen LogP contribution in [0.15, 0.2) is 84.9 Å². The van der Waals surface area contributed by atoms with Gasteiger partial charge in [0.15, 0.2) is 5.78 Å². The number of ether oxygens (including phenoxy) is 1. The van der Waals surface area contributed by atoms with E-state index in [1.807, 2.05) is 105 Å². The van der Waals surface area contributed by atoms with Crippen molar-refractivity contribution in [3.63, 3.8) is 0 Å².